The average Bonchev–Trinajstić information content (AvgIpc) is 3.34. The van der Waals surface area contributed by atoms with Gasteiger partial charge in [-0.1, -0.05) is 18.2 Å². The molecule has 1 aliphatic rings. The van der Waals surface area contributed by atoms with Crippen LogP contribution in [0.4, 0.5) is 0 Å². The summed E-state index contributed by atoms with van der Waals surface area (Å²) in [5, 5.41) is 0.660. The quantitative estimate of drug-likeness (QED) is 0.419. The van der Waals surface area contributed by atoms with E-state index >= 15 is 0 Å². The molecule has 0 spiro atoms. The second kappa shape index (κ2) is 8.13. The zero-order chi connectivity index (χ0) is 23.0. The standard InChI is InChI=1S/C22H21N3O6S/c1-24(2)32(27,28)25-13-15(16-7-5-6-8-18(16)25)11-17-22(26)31-21(23-17)14-9-10-19(29-3)20(12-14)30-4/h5-13H,1-4H3/b17-11-. The number of hydrogen-bond donors (Lipinski definition) is 0. The lowest BCUT2D eigenvalue weighted by molar-refractivity contribution is -0.129. The highest BCUT2D eigenvalue weighted by molar-refractivity contribution is 7.87. The van der Waals surface area contributed by atoms with E-state index in [0.29, 0.717) is 33.5 Å². The Morgan fingerprint density at radius 1 is 1.06 bits per heavy atom. The van der Waals surface area contributed by atoms with E-state index < -0.39 is 16.2 Å². The van der Waals surface area contributed by atoms with Gasteiger partial charge >= 0.3 is 16.2 Å². The number of ether oxygens (including phenoxy) is 3. The highest BCUT2D eigenvalue weighted by Crippen LogP contribution is 2.31. The summed E-state index contributed by atoms with van der Waals surface area (Å²) in [6.07, 6.45) is 2.98. The summed E-state index contributed by atoms with van der Waals surface area (Å²) >= 11 is 0. The number of carbonyl (C=O) groups is 1. The molecule has 32 heavy (non-hydrogen) atoms. The summed E-state index contributed by atoms with van der Waals surface area (Å²) in [6.45, 7) is 0. The number of aromatic nitrogens is 1. The van der Waals surface area contributed by atoms with Crippen molar-refractivity contribution in [2.75, 3.05) is 28.3 Å². The van der Waals surface area contributed by atoms with Crippen molar-refractivity contribution in [2.45, 2.75) is 0 Å². The maximum atomic E-state index is 12.7. The van der Waals surface area contributed by atoms with Crippen molar-refractivity contribution < 1.29 is 27.4 Å². The summed E-state index contributed by atoms with van der Waals surface area (Å²) in [4.78, 5) is 16.8. The summed E-state index contributed by atoms with van der Waals surface area (Å²) < 4.78 is 43.6. The molecule has 3 aromatic rings. The van der Waals surface area contributed by atoms with E-state index in [0.717, 1.165) is 4.31 Å². The molecular formula is C22H21N3O6S. The molecule has 0 saturated heterocycles. The van der Waals surface area contributed by atoms with Crippen LogP contribution in [0.1, 0.15) is 11.1 Å². The normalized spacial score (nSPS) is 15.3. The monoisotopic (exact) mass is 455 g/mol. The minimum absolute atomic E-state index is 0.0555. The summed E-state index contributed by atoms with van der Waals surface area (Å²) in [5.74, 6) is 0.485. The van der Waals surface area contributed by atoms with E-state index in [2.05, 4.69) is 4.99 Å². The summed E-state index contributed by atoms with van der Waals surface area (Å²) in [5.41, 5.74) is 1.61. The van der Waals surface area contributed by atoms with Gasteiger partial charge in [-0.2, -0.15) is 12.7 Å². The molecule has 0 unspecified atom stereocenters. The topological polar surface area (TPSA) is 99.4 Å². The van der Waals surface area contributed by atoms with Crippen molar-refractivity contribution in [3.8, 4) is 11.5 Å². The van der Waals surface area contributed by atoms with Gasteiger partial charge in [-0.25, -0.2) is 13.8 Å². The molecule has 1 aromatic heterocycles. The number of rotatable bonds is 6. The molecule has 0 fully saturated rings. The predicted octanol–water partition coefficient (Wildman–Crippen LogP) is 2.66. The number of carbonyl (C=O) groups excluding carboxylic acids is 1. The van der Waals surface area contributed by atoms with Gasteiger partial charge in [-0.05, 0) is 30.3 Å². The number of para-hydroxylation sites is 1. The van der Waals surface area contributed by atoms with Crippen LogP contribution in [-0.2, 0) is 19.7 Å². The van der Waals surface area contributed by atoms with Crippen LogP contribution in [0, 0.1) is 0 Å². The third kappa shape index (κ3) is 3.63. The lowest BCUT2D eigenvalue weighted by Crippen LogP contribution is -2.28. The fourth-order valence-electron chi connectivity index (χ4n) is 3.31. The van der Waals surface area contributed by atoms with Crippen LogP contribution in [0.25, 0.3) is 17.0 Å². The molecule has 166 valence electrons. The first-order valence-corrected chi connectivity index (χ1v) is 10.9. The van der Waals surface area contributed by atoms with Gasteiger partial charge in [-0.3, -0.25) is 0 Å². The Kier molecular flexibility index (Phi) is 5.49. The van der Waals surface area contributed by atoms with Crippen molar-refractivity contribution in [1.29, 1.82) is 0 Å². The van der Waals surface area contributed by atoms with E-state index in [1.807, 2.05) is 0 Å². The van der Waals surface area contributed by atoms with E-state index in [-0.39, 0.29) is 11.6 Å². The zero-order valence-corrected chi connectivity index (χ0v) is 18.7. The van der Waals surface area contributed by atoms with Gasteiger partial charge in [0.25, 0.3) is 0 Å². The maximum absolute atomic E-state index is 12.7. The lowest BCUT2D eigenvalue weighted by Gasteiger charge is -2.12. The van der Waals surface area contributed by atoms with Crippen molar-refractivity contribution in [2.24, 2.45) is 4.99 Å². The molecule has 0 amide bonds. The van der Waals surface area contributed by atoms with Crippen molar-refractivity contribution in [3.63, 3.8) is 0 Å². The highest BCUT2D eigenvalue weighted by Gasteiger charge is 2.26. The predicted molar refractivity (Wildman–Crippen MR) is 120 cm³/mol. The molecular weight excluding hydrogens is 434 g/mol. The third-order valence-electron chi connectivity index (χ3n) is 4.96. The summed E-state index contributed by atoms with van der Waals surface area (Å²) in [6, 6.07) is 12.1. The third-order valence-corrected chi connectivity index (χ3v) is 6.68. The Morgan fingerprint density at radius 3 is 2.47 bits per heavy atom. The van der Waals surface area contributed by atoms with Gasteiger partial charge in [0.1, 0.15) is 0 Å². The fraction of sp³-hybridized carbons (Fsp3) is 0.182. The smallest absolute Gasteiger partial charge is 0.363 e. The molecule has 0 bridgehead atoms. The molecule has 10 heteroatoms. The van der Waals surface area contributed by atoms with E-state index in [9.17, 15) is 13.2 Å². The number of nitrogens with zero attached hydrogens (tertiary/aromatic N) is 3. The van der Waals surface area contributed by atoms with Gasteiger partial charge in [-0.15, -0.1) is 0 Å². The van der Waals surface area contributed by atoms with E-state index in [4.69, 9.17) is 14.2 Å². The Labute approximate surface area is 185 Å². The van der Waals surface area contributed by atoms with Gasteiger partial charge in [0.15, 0.2) is 17.2 Å². The first-order chi connectivity index (χ1) is 15.3. The Balaban J connectivity index is 1.80. The van der Waals surface area contributed by atoms with Crippen molar-refractivity contribution >= 4 is 39.1 Å². The largest absolute Gasteiger partial charge is 0.493 e. The first kappa shape index (κ1) is 21.6. The van der Waals surface area contributed by atoms with E-state index in [1.54, 1.807) is 42.5 Å². The van der Waals surface area contributed by atoms with Crippen molar-refractivity contribution in [3.05, 3.63) is 65.5 Å². The number of esters is 1. The molecule has 2 heterocycles. The average molecular weight is 455 g/mol. The molecule has 0 atom stereocenters. The molecule has 2 aromatic carbocycles. The number of cyclic esters (lactones) is 1. The van der Waals surface area contributed by atoms with Gasteiger partial charge < -0.3 is 14.2 Å². The first-order valence-electron chi connectivity index (χ1n) is 9.54. The van der Waals surface area contributed by atoms with Crippen LogP contribution in [0.5, 0.6) is 11.5 Å². The fourth-order valence-corrected chi connectivity index (χ4v) is 4.31. The zero-order valence-electron chi connectivity index (χ0n) is 17.9. The van der Waals surface area contributed by atoms with Crippen LogP contribution in [0.2, 0.25) is 0 Å². The second-order valence-electron chi connectivity index (χ2n) is 7.09. The molecule has 1 aliphatic heterocycles. The highest BCUT2D eigenvalue weighted by atomic mass is 32.2. The molecule has 9 nitrogen and oxygen atoms in total. The molecule has 0 saturated carbocycles. The van der Waals surface area contributed by atoms with Crippen LogP contribution in [0.15, 0.2) is 59.4 Å². The molecule has 0 N–H and O–H groups in total. The Morgan fingerprint density at radius 2 is 1.78 bits per heavy atom. The molecule has 0 radical (unpaired) electrons. The SMILES string of the molecule is COc1ccc(C2=N/C(=C\c3cn(S(=O)(=O)N(C)C)c4ccccc34)C(=O)O2)cc1OC. The minimum Gasteiger partial charge on any atom is -0.493 e. The number of fused-ring (bicyclic) bond motifs is 1. The van der Waals surface area contributed by atoms with Crippen LogP contribution in [0.3, 0.4) is 0 Å². The summed E-state index contributed by atoms with van der Waals surface area (Å²) in [7, 11) is 2.19. The van der Waals surface area contributed by atoms with Crippen LogP contribution in [-0.4, -0.2) is 56.9 Å². The van der Waals surface area contributed by atoms with Crippen LogP contribution < -0.4 is 9.47 Å². The van der Waals surface area contributed by atoms with E-state index in [1.165, 1.54) is 44.6 Å². The lowest BCUT2D eigenvalue weighted by atomic mass is 10.1. The van der Waals surface area contributed by atoms with Gasteiger partial charge in [0, 0.05) is 36.8 Å². The second-order valence-corrected chi connectivity index (χ2v) is 9.11. The minimum atomic E-state index is -3.75. The van der Waals surface area contributed by atoms with Crippen LogP contribution >= 0.6 is 0 Å². The van der Waals surface area contributed by atoms with Gasteiger partial charge in [0.2, 0.25) is 5.90 Å². The number of hydrogen-bond acceptors (Lipinski definition) is 7. The molecule has 0 aliphatic carbocycles. The van der Waals surface area contributed by atoms with Crippen molar-refractivity contribution in [1.82, 2.24) is 8.28 Å². The van der Waals surface area contributed by atoms with Gasteiger partial charge in [0.05, 0.1) is 19.7 Å². The molecule has 4 rings (SSSR count). The number of methoxy groups -OCH3 is 2. The Hall–Kier alpha value is -3.63. The number of benzene rings is 2. The Bertz CT molecular complexity index is 1390. The number of aliphatic imine (C=N–C) groups is 1. The maximum Gasteiger partial charge on any atom is 0.363 e.